The maximum atomic E-state index is 9.02. The molecule has 1 aromatic heterocycles. The monoisotopic (exact) mass is 257 g/mol. The molecule has 0 fully saturated rings. The summed E-state index contributed by atoms with van der Waals surface area (Å²) >= 11 is 0. The normalized spacial score (nSPS) is 9.95. The summed E-state index contributed by atoms with van der Waals surface area (Å²) in [7, 11) is 1.61. The predicted octanol–water partition coefficient (Wildman–Crippen LogP) is 2.76. The summed E-state index contributed by atoms with van der Waals surface area (Å²) < 4.78 is 12.6. The molecule has 0 saturated carbocycles. The van der Waals surface area contributed by atoms with Crippen LogP contribution in [0.3, 0.4) is 0 Å². The van der Waals surface area contributed by atoms with Crippen LogP contribution < -0.4 is 15.2 Å². The first-order chi connectivity index (χ1) is 9.19. The van der Waals surface area contributed by atoms with Gasteiger partial charge in [0.25, 0.3) is 0 Å². The van der Waals surface area contributed by atoms with Crippen molar-refractivity contribution in [2.75, 3.05) is 12.8 Å². The van der Waals surface area contributed by atoms with E-state index in [1.54, 1.807) is 42.0 Å². The van der Waals surface area contributed by atoms with E-state index in [1.807, 2.05) is 6.92 Å². The number of methoxy groups -OCH3 is 1. The molecule has 1 aromatic carbocycles. The van der Waals surface area contributed by atoms with Crippen molar-refractivity contribution < 1.29 is 9.47 Å². The summed E-state index contributed by atoms with van der Waals surface area (Å²) in [6.07, 6.45) is 0. The van der Waals surface area contributed by atoms with Crippen LogP contribution in [-0.2, 0) is 6.54 Å². The summed E-state index contributed by atoms with van der Waals surface area (Å²) in [6, 6.07) is 10.9. The molecule has 0 atom stereocenters. The highest BCUT2D eigenvalue weighted by Crippen LogP contribution is 2.31. The van der Waals surface area contributed by atoms with Gasteiger partial charge in [-0.1, -0.05) is 0 Å². The molecule has 2 aromatic rings. The molecule has 5 heteroatoms. The average Bonchev–Trinajstić information content (AvgIpc) is 2.75. The summed E-state index contributed by atoms with van der Waals surface area (Å²) in [5.74, 6) is 1.89. The van der Waals surface area contributed by atoms with Crippen molar-refractivity contribution in [3.05, 3.63) is 36.0 Å². The number of hydrogen-bond acceptors (Lipinski definition) is 4. The predicted molar refractivity (Wildman–Crippen MR) is 72.3 cm³/mol. The summed E-state index contributed by atoms with van der Waals surface area (Å²) in [5, 5.41) is 9.02. The lowest BCUT2D eigenvalue weighted by Gasteiger charge is -2.10. The van der Waals surface area contributed by atoms with E-state index in [-0.39, 0.29) is 0 Å². The first-order valence-electron chi connectivity index (χ1n) is 5.90. The number of nitrogens with zero attached hydrogens (tertiary/aromatic N) is 2. The number of benzene rings is 1. The maximum Gasteiger partial charge on any atom is 0.224 e. The van der Waals surface area contributed by atoms with Crippen molar-refractivity contribution in [2.24, 2.45) is 0 Å². The quantitative estimate of drug-likeness (QED) is 0.914. The number of rotatable bonds is 4. The van der Waals surface area contributed by atoms with E-state index in [4.69, 9.17) is 20.5 Å². The number of hydrogen-bond donors (Lipinski definition) is 1. The number of ether oxygens (including phenoxy) is 2. The van der Waals surface area contributed by atoms with Crippen LogP contribution in [0.15, 0.2) is 30.3 Å². The minimum absolute atomic E-state index is 0.453. The molecular weight excluding hydrogens is 242 g/mol. The first-order valence-corrected chi connectivity index (χ1v) is 5.90. The Kier molecular flexibility index (Phi) is 3.62. The van der Waals surface area contributed by atoms with Gasteiger partial charge in [0, 0.05) is 12.6 Å². The van der Waals surface area contributed by atoms with E-state index >= 15 is 0 Å². The van der Waals surface area contributed by atoms with Crippen LogP contribution >= 0.6 is 0 Å². The van der Waals surface area contributed by atoms with Gasteiger partial charge in [-0.25, -0.2) is 0 Å². The molecule has 5 nitrogen and oxygen atoms in total. The molecular formula is C14H15N3O2. The molecule has 0 aliphatic carbocycles. The van der Waals surface area contributed by atoms with E-state index in [1.165, 1.54) is 0 Å². The molecule has 2 N–H and O–H groups in total. The van der Waals surface area contributed by atoms with Gasteiger partial charge in [-0.15, -0.1) is 0 Å². The number of nitrogens with two attached hydrogens (primary N) is 1. The molecule has 98 valence electrons. The van der Waals surface area contributed by atoms with Gasteiger partial charge in [-0.3, -0.25) is 0 Å². The van der Waals surface area contributed by atoms with E-state index in [9.17, 15) is 0 Å². The lowest BCUT2D eigenvalue weighted by molar-refractivity contribution is 0.410. The molecule has 1 heterocycles. The molecule has 0 unspecified atom stereocenters. The lowest BCUT2D eigenvalue weighted by Crippen LogP contribution is -2.01. The van der Waals surface area contributed by atoms with Gasteiger partial charge in [0.2, 0.25) is 5.88 Å². The zero-order chi connectivity index (χ0) is 13.8. The van der Waals surface area contributed by atoms with Crippen molar-refractivity contribution in [1.29, 1.82) is 5.26 Å². The lowest BCUT2D eigenvalue weighted by atomic mass is 10.3. The molecule has 0 spiro atoms. The fraction of sp³-hybridized carbons (Fsp3) is 0.214. The highest BCUT2D eigenvalue weighted by atomic mass is 16.5. The van der Waals surface area contributed by atoms with Crippen molar-refractivity contribution in [2.45, 2.75) is 13.5 Å². The maximum absolute atomic E-state index is 9.02. The Balaban J connectivity index is 2.32. The van der Waals surface area contributed by atoms with E-state index in [0.29, 0.717) is 29.6 Å². The third-order valence-electron chi connectivity index (χ3n) is 2.78. The standard InChI is InChI=1S/C14H15N3O2/c1-3-17-10(9-15)8-13(16)14(17)19-12-6-4-11(18-2)5-7-12/h4-8H,3,16H2,1-2H3. The van der Waals surface area contributed by atoms with Crippen molar-refractivity contribution in [3.8, 4) is 23.4 Å². The highest BCUT2D eigenvalue weighted by molar-refractivity contribution is 5.56. The van der Waals surface area contributed by atoms with Gasteiger partial charge in [-0.2, -0.15) is 5.26 Å². The SMILES string of the molecule is CCn1c(C#N)cc(N)c1Oc1ccc(OC)cc1. The van der Waals surface area contributed by atoms with E-state index < -0.39 is 0 Å². The Morgan fingerprint density at radius 2 is 1.89 bits per heavy atom. The second kappa shape index (κ2) is 5.36. The van der Waals surface area contributed by atoms with Crippen LogP contribution in [0.2, 0.25) is 0 Å². The minimum atomic E-state index is 0.453. The Hall–Kier alpha value is -2.61. The number of nitriles is 1. The van der Waals surface area contributed by atoms with E-state index in [0.717, 1.165) is 5.75 Å². The molecule has 0 amide bonds. The summed E-state index contributed by atoms with van der Waals surface area (Å²) in [6.45, 7) is 2.55. The number of nitrogen functional groups attached to an aromatic ring is 1. The van der Waals surface area contributed by atoms with Gasteiger partial charge < -0.3 is 19.8 Å². The second-order valence-corrected chi connectivity index (χ2v) is 3.92. The van der Waals surface area contributed by atoms with E-state index in [2.05, 4.69) is 6.07 Å². The van der Waals surface area contributed by atoms with Gasteiger partial charge in [-0.05, 0) is 31.2 Å². The Morgan fingerprint density at radius 1 is 1.26 bits per heavy atom. The molecule has 0 aliphatic heterocycles. The Morgan fingerprint density at radius 3 is 2.42 bits per heavy atom. The third-order valence-corrected chi connectivity index (χ3v) is 2.78. The number of aromatic nitrogens is 1. The molecule has 0 saturated heterocycles. The second-order valence-electron chi connectivity index (χ2n) is 3.92. The van der Waals surface area contributed by atoms with Crippen LogP contribution in [0.1, 0.15) is 12.6 Å². The van der Waals surface area contributed by atoms with Gasteiger partial charge in [0.1, 0.15) is 23.3 Å². The molecule has 0 bridgehead atoms. The summed E-state index contributed by atoms with van der Waals surface area (Å²) in [4.78, 5) is 0. The largest absolute Gasteiger partial charge is 0.497 e. The summed E-state index contributed by atoms with van der Waals surface area (Å²) in [5.41, 5.74) is 6.82. The van der Waals surface area contributed by atoms with Crippen molar-refractivity contribution >= 4 is 5.69 Å². The molecule has 19 heavy (non-hydrogen) atoms. The topological polar surface area (TPSA) is 73.2 Å². The van der Waals surface area contributed by atoms with Crippen LogP contribution in [0.5, 0.6) is 17.4 Å². The Bertz CT molecular complexity index is 609. The van der Waals surface area contributed by atoms with Gasteiger partial charge >= 0.3 is 0 Å². The fourth-order valence-electron chi connectivity index (χ4n) is 1.83. The first kappa shape index (κ1) is 12.8. The van der Waals surface area contributed by atoms with Crippen molar-refractivity contribution in [1.82, 2.24) is 4.57 Å². The third kappa shape index (κ3) is 2.47. The highest BCUT2D eigenvalue weighted by Gasteiger charge is 2.13. The fourth-order valence-corrected chi connectivity index (χ4v) is 1.83. The van der Waals surface area contributed by atoms with Gasteiger partial charge in [0.05, 0.1) is 12.8 Å². The van der Waals surface area contributed by atoms with Crippen LogP contribution in [-0.4, -0.2) is 11.7 Å². The Labute approximate surface area is 111 Å². The minimum Gasteiger partial charge on any atom is -0.497 e. The van der Waals surface area contributed by atoms with Crippen LogP contribution in [0, 0.1) is 11.3 Å². The number of anilines is 1. The molecule has 0 aliphatic rings. The van der Waals surface area contributed by atoms with Crippen LogP contribution in [0.4, 0.5) is 5.69 Å². The molecule has 2 rings (SSSR count). The molecule has 0 radical (unpaired) electrons. The van der Waals surface area contributed by atoms with Crippen molar-refractivity contribution in [3.63, 3.8) is 0 Å². The zero-order valence-electron chi connectivity index (χ0n) is 10.9. The average molecular weight is 257 g/mol. The smallest absolute Gasteiger partial charge is 0.224 e. The van der Waals surface area contributed by atoms with Crippen LogP contribution in [0.25, 0.3) is 0 Å². The zero-order valence-corrected chi connectivity index (χ0v) is 10.9. The van der Waals surface area contributed by atoms with Gasteiger partial charge in [0.15, 0.2) is 0 Å².